The van der Waals surface area contributed by atoms with Crippen molar-refractivity contribution < 1.29 is 9.90 Å². The third-order valence-electron chi connectivity index (χ3n) is 2.73. The van der Waals surface area contributed by atoms with Crippen LogP contribution in [0.1, 0.15) is 15.9 Å². The Morgan fingerprint density at radius 3 is 2.65 bits per heavy atom. The van der Waals surface area contributed by atoms with Gasteiger partial charge in [-0.05, 0) is 23.1 Å². The maximum absolute atomic E-state index is 11.0. The molecule has 86 valence electrons. The van der Waals surface area contributed by atoms with E-state index >= 15 is 0 Å². The molecule has 0 unspecified atom stereocenters. The van der Waals surface area contributed by atoms with Crippen LogP contribution in [0.4, 0.5) is 0 Å². The summed E-state index contributed by atoms with van der Waals surface area (Å²) in [5, 5.41) is 8.93. The van der Waals surface area contributed by atoms with Gasteiger partial charge in [-0.25, -0.2) is 0 Å². The third kappa shape index (κ3) is 2.60. The molecule has 0 heterocycles. The molecule has 2 heteroatoms. The summed E-state index contributed by atoms with van der Waals surface area (Å²) in [7, 11) is 0. The highest BCUT2D eigenvalue weighted by Crippen LogP contribution is 2.23. The number of hydrogen-bond acceptors (Lipinski definition) is 2. The van der Waals surface area contributed by atoms with E-state index in [2.05, 4.69) is 0 Å². The predicted molar refractivity (Wildman–Crippen MR) is 68.1 cm³/mol. The molecule has 0 aliphatic carbocycles. The first-order valence-corrected chi connectivity index (χ1v) is 5.59. The first-order chi connectivity index (χ1) is 8.35. The van der Waals surface area contributed by atoms with Gasteiger partial charge in [0.25, 0.3) is 0 Å². The molecule has 2 aromatic rings. The fourth-order valence-corrected chi connectivity index (χ4v) is 1.89. The second-order valence-electron chi connectivity index (χ2n) is 3.88. The van der Waals surface area contributed by atoms with E-state index in [9.17, 15) is 4.79 Å². The summed E-state index contributed by atoms with van der Waals surface area (Å²) < 4.78 is 0. The van der Waals surface area contributed by atoms with Crippen LogP contribution in [0.15, 0.2) is 48.5 Å². The lowest BCUT2D eigenvalue weighted by Gasteiger charge is -2.06. The molecule has 0 radical (unpaired) electrons. The molecule has 0 saturated heterocycles. The monoisotopic (exact) mass is 226 g/mol. The van der Waals surface area contributed by atoms with Crippen LogP contribution in [-0.4, -0.2) is 18.0 Å². The normalized spacial score (nSPS) is 10.2. The summed E-state index contributed by atoms with van der Waals surface area (Å²) in [6.07, 6.45) is 1.51. The van der Waals surface area contributed by atoms with Crippen molar-refractivity contribution in [3.05, 3.63) is 59.7 Å². The van der Waals surface area contributed by atoms with E-state index in [0.29, 0.717) is 12.0 Å². The van der Waals surface area contributed by atoms with Gasteiger partial charge in [0, 0.05) is 12.2 Å². The zero-order valence-corrected chi connectivity index (χ0v) is 9.47. The molecular weight excluding hydrogens is 212 g/mol. The number of aldehydes is 1. The number of hydrogen-bond donors (Lipinski definition) is 1. The van der Waals surface area contributed by atoms with Crippen LogP contribution in [0.2, 0.25) is 0 Å². The van der Waals surface area contributed by atoms with Crippen molar-refractivity contribution in [2.24, 2.45) is 0 Å². The average molecular weight is 226 g/mol. The molecule has 0 spiro atoms. The highest BCUT2D eigenvalue weighted by molar-refractivity contribution is 5.87. The van der Waals surface area contributed by atoms with Gasteiger partial charge in [-0.3, -0.25) is 4.79 Å². The lowest BCUT2D eigenvalue weighted by atomic mass is 9.98. The molecule has 2 aromatic carbocycles. The molecule has 1 N–H and O–H groups in total. The van der Waals surface area contributed by atoms with Gasteiger partial charge in [0.05, 0.1) is 0 Å². The number of aliphatic hydroxyl groups is 1. The highest BCUT2D eigenvalue weighted by atomic mass is 16.2. The van der Waals surface area contributed by atoms with Crippen molar-refractivity contribution in [2.45, 2.75) is 6.42 Å². The minimum Gasteiger partial charge on any atom is -0.396 e. The van der Waals surface area contributed by atoms with Crippen LogP contribution in [-0.2, 0) is 6.42 Å². The van der Waals surface area contributed by atoms with E-state index in [1.54, 1.807) is 6.07 Å². The van der Waals surface area contributed by atoms with Gasteiger partial charge in [-0.2, -0.15) is 0 Å². The summed E-state index contributed by atoms with van der Waals surface area (Å²) >= 11 is 0. The molecule has 0 atom stereocenters. The van der Waals surface area contributed by atoms with Gasteiger partial charge >= 0.3 is 0 Å². The van der Waals surface area contributed by atoms with E-state index in [1.807, 2.05) is 42.5 Å². The topological polar surface area (TPSA) is 37.3 Å². The number of rotatable bonds is 4. The largest absolute Gasteiger partial charge is 0.396 e. The molecule has 2 nitrogen and oxygen atoms in total. The first-order valence-electron chi connectivity index (χ1n) is 5.59. The number of carbonyl (C=O) groups is 1. The standard InChI is InChI=1S/C15H14O2/c16-9-8-12-4-3-6-13(10-12)15-7-2-1-5-14(15)11-17/h1-7,10-11,16H,8-9H2. The zero-order valence-electron chi connectivity index (χ0n) is 9.47. The van der Waals surface area contributed by atoms with Crippen molar-refractivity contribution in [1.29, 1.82) is 0 Å². The van der Waals surface area contributed by atoms with Crippen LogP contribution in [0.5, 0.6) is 0 Å². The lowest BCUT2D eigenvalue weighted by Crippen LogP contribution is -1.92. The Bertz CT molecular complexity index is 518. The Labute approximate surface area is 101 Å². The Morgan fingerprint density at radius 1 is 1.06 bits per heavy atom. The van der Waals surface area contributed by atoms with Gasteiger partial charge in [0.2, 0.25) is 0 Å². The molecule has 0 fully saturated rings. The second kappa shape index (κ2) is 5.41. The minimum atomic E-state index is 0.138. The fourth-order valence-electron chi connectivity index (χ4n) is 1.89. The van der Waals surface area contributed by atoms with Crippen LogP contribution in [0.3, 0.4) is 0 Å². The molecular formula is C15H14O2. The molecule has 2 rings (SSSR count). The Kier molecular flexibility index (Phi) is 3.68. The molecule has 0 amide bonds. The van der Waals surface area contributed by atoms with Crippen molar-refractivity contribution >= 4 is 6.29 Å². The molecule has 0 aliphatic heterocycles. The SMILES string of the molecule is O=Cc1ccccc1-c1cccc(CCO)c1. The van der Waals surface area contributed by atoms with Gasteiger partial charge in [-0.15, -0.1) is 0 Å². The first kappa shape index (κ1) is 11.6. The Hall–Kier alpha value is -1.93. The maximum atomic E-state index is 11.0. The highest BCUT2D eigenvalue weighted by Gasteiger charge is 2.04. The van der Waals surface area contributed by atoms with E-state index in [4.69, 9.17) is 5.11 Å². The minimum absolute atomic E-state index is 0.138. The van der Waals surface area contributed by atoms with Crippen LogP contribution < -0.4 is 0 Å². The summed E-state index contributed by atoms with van der Waals surface area (Å²) in [5.74, 6) is 0. The molecule has 17 heavy (non-hydrogen) atoms. The lowest BCUT2D eigenvalue weighted by molar-refractivity contribution is 0.112. The molecule has 0 aromatic heterocycles. The van der Waals surface area contributed by atoms with Gasteiger partial charge in [0.15, 0.2) is 6.29 Å². The van der Waals surface area contributed by atoms with Crippen LogP contribution in [0, 0.1) is 0 Å². The summed E-state index contributed by atoms with van der Waals surface area (Å²) in [4.78, 5) is 11.0. The number of benzene rings is 2. The van der Waals surface area contributed by atoms with Crippen molar-refractivity contribution in [1.82, 2.24) is 0 Å². The van der Waals surface area contributed by atoms with Crippen molar-refractivity contribution in [3.63, 3.8) is 0 Å². The van der Waals surface area contributed by atoms with Crippen molar-refractivity contribution in [3.8, 4) is 11.1 Å². The van der Waals surface area contributed by atoms with E-state index in [-0.39, 0.29) is 6.61 Å². The smallest absolute Gasteiger partial charge is 0.150 e. The second-order valence-corrected chi connectivity index (χ2v) is 3.88. The van der Waals surface area contributed by atoms with E-state index in [0.717, 1.165) is 23.0 Å². The summed E-state index contributed by atoms with van der Waals surface area (Å²) in [6, 6.07) is 15.4. The Morgan fingerprint density at radius 2 is 1.88 bits per heavy atom. The van der Waals surface area contributed by atoms with E-state index < -0.39 is 0 Å². The van der Waals surface area contributed by atoms with Gasteiger partial charge in [-0.1, -0.05) is 48.5 Å². The number of carbonyl (C=O) groups excluding carboxylic acids is 1. The van der Waals surface area contributed by atoms with E-state index in [1.165, 1.54) is 0 Å². The maximum Gasteiger partial charge on any atom is 0.150 e. The Balaban J connectivity index is 2.45. The van der Waals surface area contributed by atoms with Gasteiger partial charge in [0.1, 0.15) is 0 Å². The third-order valence-corrected chi connectivity index (χ3v) is 2.73. The fraction of sp³-hybridized carbons (Fsp3) is 0.133. The number of aliphatic hydroxyl groups excluding tert-OH is 1. The molecule has 0 aliphatic rings. The quantitative estimate of drug-likeness (QED) is 0.814. The van der Waals surface area contributed by atoms with Gasteiger partial charge < -0.3 is 5.11 Å². The average Bonchev–Trinajstić information content (AvgIpc) is 2.39. The zero-order chi connectivity index (χ0) is 12.1. The molecule has 0 bridgehead atoms. The summed E-state index contributed by atoms with van der Waals surface area (Å²) in [6.45, 7) is 0.138. The van der Waals surface area contributed by atoms with Crippen LogP contribution >= 0.6 is 0 Å². The van der Waals surface area contributed by atoms with Crippen molar-refractivity contribution in [2.75, 3.05) is 6.61 Å². The van der Waals surface area contributed by atoms with Crippen LogP contribution in [0.25, 0.3) is 11.1 Å². The molecule has 0 saturated carbocycles. The predicted octanol–water partition coefficient (Wildman–Crippen LogP) is 2.70. The summed E-state index contributed by atoms with van der Waals surface area (Å²) in [5.41, 5.74) is 3.71.